The van der Waals surface area contributed by atoms with Crippen LogP contribution in [-0.4, -0.2) is 25.9 Å². The third-order valence-corrected chi connectivity index (χ3v) is 2.25. The Balaban J connectivity index is 2.56. The van der Waals surface area contributed by atoms with Crippen molar-refractivity contribution >= 4 is 5.91 Å². The number of nitrogens with two attached hydrogens (primary N) is 1. The molecule has 0 spiro atoms. The van der Waals surface area contributed by atoms with Crippen molar-refractivity contribution in [2.45, 2.75) is 6.92 Å². The fourth-order valence-corrected chi connectivity index (χ4v) is 1.46. The van der Waals surface area contributed by atoms with Crippen LogP contribution in [0.4, 0.5) is 0 Å². The molecule has 0 aliphatic heterocycles. The zero-order chi connectivity index (χ0) is 11.7. The van der Waals surface area contributed by atoms with E-state index in [0.717, 1.165) is 5.69 Å². The van der Waals surface area contributed by atoms with Crippen LogP contribution >= 0.6 is 0 Å². The van der Waals surface area contributed by atoms with Crippen molar-refractivity contribution in [1.82, 2.24) is 20.0 Å². The third-order valence-electron chi connectivity index (χ3n) is 2.25. The van der Waals surface area contributed by atoms with E-state index in [0.29, 0.717) is 17.0 Å². The lowest BCUT2D eigenvalue weighted by atomic mass is 10.1. The van der Waals surface area contributed by atoms with Gasteiger partial charge in [-0.1, -0.05) is 0 Å². The van der Waals surface area contributed by atoms with Gasteiger partial charge in [-0.25, -0.2) is 0 Å². The number of aryl methyl sites for hydroxylation is 2. The van der Waals surface area contributed by atoms with E-state index in [-0.39, 0.29) is 0 Å². The fraction of sp³-hybridized carbons (Fsp3) is 0.200. The second-order valence-electron chi connectivity index (χ2n) is 3.45. The largest absolute Gasteiger partial charge is 0.364 e. The molecule has 0 bridgehead atoms. The Morgan fingerprint density at radius 2 is 2.12 bits per heavy atom. The number of primary amides is 1. The zero-order valence-corrected chi connectivity index (χ0v) is 9.01. The Hall–Kier alpha value is -2.24. The minimum Gasteiger partial charge on any atom is -0.364 e. The van der Waals surface area contributed by atoms with Gasteiger partial charge < -0.3 is 5.73 Å². The summed E-state index contributed by atoms with van der Waals surface area (Å²) < 4.78 is 1.43. The summed E-state index contributed by atoms with van der Waals surface area (Å²) in [5.74, 6) is -0.530. The summed E-state index contributed by atoms with van der Waals surface area (Å²) in [5.41, 5.74) is 7.61. The van der Waals surface area contributed by atoms with Gasteiger partial charge in [0, 0.05) is 7.05 Å². The highest BCUT2D eigenvalue weighted by Gasteiger charge is 2.16. The summed E-state index contributed by atoms with van der Waals surface area (Å²) >= 11 is 0. The normalized spacial score (nSPS) is 10.4. The molecule has 0 unspecified atom stereocenters. The molecule has 0 atom stereocenters. The summed E-state index contributed by atoms with van der Waals surface area (Å²) in [6.45, 7) is 1.84. The van der Waals surface area contributed by atoms with Gasteiger partial charge in [-0.15, -0.1) is 0 Å². The van der Waals surface area contributed by atoms with Crippen LogP contribution in [0.15, 0.2) is 18.3 Å². The minimum atomic E-state index is -0.530. The fourth-order valence-electron chi connectivity index (χ4n) is 1.46. The van der Waals surface area contributed by atoms with Crippen molar-refractivity contribution in [3.05, 3.63) is 29.7 Å². The highest BCUT2D eigenvalue weighted by Crippen LogP contribution is 2.19. The Bertz CT molecular complexity index is 529. The highest BCUT2D eigenvalue weighted by atomic mass is 16.1. The standard InChI is InChI=1S/C10H11N5O/c1-6-3-4-8(14-13-6)7-5-12-15(2)9(7)10(11)16/h3-5H,1-2H3,(H2,11,16). The molecule has 0 aliphatic rings. The molecule has 2 rings (SSSR count). The van der Waals surface area contributed by atoms with E-state index in [1.807, 2.05) is 13.0 Å². The van der Waals surface area contributed by atoms with Gasteiger partial charge in [0.05, 0.1) is 23.1 Å². The topological polar surface area (TPSA) is 86.7 Å². The molecule has 82 valence electrons. The summed E-state index contributed by atoms with van der Waals surface area (Å²) in [6, 6.07) is 3.60. The number of hydrogen-bond donors (Lipinski definition) is 1. The molecule has 2 heterocycles. The maximum Gasteiger partial charge on any atom is 0.267 e. The smallest absolute Gasteiger partial charge is 0.267 e. The minimum absolute atomic E-state index is 0.332. The Morgan fingerprint density at radius 1 is 1.38 bits per heavy atom. The second-order valence-corrected chi connectivity index (χ2v) is 3.45. The van der Waals surface area contributed by atoms with Crippen LogP contribution in [0.5, 0.6) is 0 Å². The van der Waals surface area contributed by atoms with Gasteiger partial charge in [0.1, 0.15) is 5.69 Å². The average Bonchev–Trinajstić information content (AvgIpc) is 2.61. The number of nitrogens with zero attached hydrogens (tertiary/aromatic N) is 4. The van der Waals surface area contributed by atoms with Crippen LogP contribution in [0.2, 0.25) is 0 Å². The van der Waals surface area contributed by atoms with E-state index in [2.05, 4.69) is 15.3 Å². The van der Waals surface area contributed by atoms with Crippen LogP contribution in [0.25, 0.3) is 11.3 Å². The lowest BCUT2D eigenvalue weighted by Crippen LogP contribution is -2.17. The molecule has 0 saturated heterocycles. The maximum atomic E-state index is 11.3. The van der Waals surface area contributed by atoms with E-state index < -0.39 is 5.91 Å². The first kappa shape index (κ1) is 10.3. The van der Waals surface area contributed by atoms with Gasteiger partial charge in [0.15, 0.2) is 0 Å². The first-order chi connectivity index (χ1) is 7.59. The van der Waals surface area contributed by atoms with Crippen LogP contribution in [0.1, 0.15) is 16.2 Å². The monoisotopic (exact) mass is 217 g/mol. The van der Waals surface area contributed by atoms with Gasteiger partial charge in [0.2, 0.25) is 0 Å². The van der Waals surface area contributed by atoms with Crippen LogP contribution in [0, 0.1) is 6.92 Å². The molecular formula is C10H11N5O. The molecule has 2 N–H and O–H groups in total. The van der Waals surface area contributed by atoms with E-state index in [9.17, 15) is 4.79 Å². The average molecular weight is 217 g/mol. The van der Waals surface area contributed by atoms with Crippen LogP contribution < -0.4 is 5.73 Å². The van der Waals surface area contributed by atoms with Gasteiger partial charge >= 0.3 is 0 Å². The number of carbonyl (C=O) groups excluding carboxylic acids is 1. The lowest BCUT2D eigenvalue weighted by Gasteiger charge is -2.01. The molecular weight excluding hydrogens is 206 g/mol. The quantitative estimate of drug-likeness (QED) is 0.782. The summed E-state index contributed by atoms with van der Waals surface area (Å²) in [6.07, 6.45) is 1.56. The van der Waals surface area contributed by atoms with Crippen LogP contribution in [0.3, 0.4) is 0 Å². The molecule has 2 aromatic heterocycles. The van der Waals surface area contributed by atoms with E-state index in [4.69, 9.17) is 5.73 Å². The van der Waals surface area contributed by atoms with Crippen molar-refractivity contribution in [3.8, 4) is 11.3 Å². The van der Waals surface area contributed by atoms with Gasteiger partial charge in [-0.05, 0) is 19.1 Å². The molecule has 16 heavy (non-hydrogen) atoms. The second kappa shape index (κ2) is 3.73. The van der Waals surface area contributed by atoms with Crippen molar-refractivity contribution in [3.63, 3.8) is 0 Å². The number of hydrogen-bond acceptors (Lipinski definition) is 4. The zero-order valence-electron chi connectivity index (χ0n) is 9.01. The Labute approximate surface area is 92.1 Å². The van der Waals surface area contributed by atoms with Crippen molar-refractivity contribution < 1.29 is 4.79 Å². The first-order valence-electron chi connectivity index (χ1n) is 4.72. The molecule has 2 aromatic rings. The molecule has 0 saturated carbocycles. The highest BCUT2D eigenvalue weighted by molar-refractivity contribution is 5.97. The molecule has 1 amide bonds. The van der Waals surface area contributed by atoms with Crippen molar-refractivity contribution in [2.75, 3.05) is 0 Å². The molecule has 6 heteroatoms. The number of aromatic nitrogens is 4. The molecule has 0 aliphatic carbocycles. The van der Waals surface area contributed by atoms with Gasteiger partial charge in [-0.2, -0.15) is 15.3 Å². The van der Waals surface area contributed by atoms with E-state index in [1.54, 1.807) is 19.3 Å². The molecule has 0 aromatic carbocycles. The third kappa shape index (κ3) is 1.65. The Kier molecular flexibility index (Phi) is 2.40. The number of rotatable bonds is 2. The van der Waals surface area contributed by atoms with E-state index >= 15 is 0 Å². The summed E-state index contributed by atoms with van der Waals surface area (Å²) in [5, 5.41) is 11.9. The van der Waals surface area contributed by atoms with E-state index in [1.165, 1.54) is 4.68 Å². The molecule has 6 nitrogen and oxygen atoms in total. The SMILES string of the molecule is Cc1ccc(-c2cnn(C)c2C(N)=O)nn1. The Morgan fingerprint density at radius 3 is 2.69 bits per heavy atom. The van der Waals surface area contributed by atoms with Gasteiger partial charge in [0.25, 0.3) is 5.91 Å². The summed E-state index contributed by atoms with van der Waals surface area (Å²) in [4.78, 5) is 11.3. The van der Waals surface area contributed by atoms with Crippen molar-refractivity contribution in [2.24, 2.45) is 12.8 Å². The lowest BCUT2D eigenvalue weighted by molar-refractivity contribution is 0.0992. The van der Waals surface area contributed by atoms with Gasteiger partial charge in [-0.3, -0.25) is 9.48 Å². The number of amides is 1. The molecule has 0 radical (unpaired) electrons. The molecule has 0 fully saturated rings. The number of carbonyl (C=O) groups is 1. The maximum absolute atomic E-state index is 11.3. The van der Waals surface area contributed by atoms with Crippen molar-refractivity contribution in [1.29, 1.82) is 0 Å². The summed E-state index contributed by atoms with van der Waals surface area (Å²) in [7, 11) is 1.66. The predicted octanol–water partition coefficient (Wildman–Crippen LogP) is 0.284. The predicted molar refractivity (Wildman–Crippen MR) is 57.5 cm³/mol. The first-order valence-corrected chi connectivity index (χ1v) is 4.72. The van der Waals surface area contributed by atoms with Crippen LogP contribution in [-0.2, 0) is 7.05 Å².